The summed E-state index contributed by atoms with van der Waals surface area (Å²) in [6.07, 6.45) is 3.77. The molecule has 2 saturated heterocycles. The van der Waals surface area contributed by atoms with Crippen molar-refractivity contribution in [2.24, 2.45) is 0 Å². The monoisotopic (exact) mass is 982 g/mol. The van der Waals surface area contributed by atoms with E-state index >= 15 is 0 Å². The SMILES string of the molecule is Cc1cc(S(=O)(=O)Nc2ccc(N3CCN(c4cccc(-c5c(C(=O)NCS(=O)O)cnn5-c5ccc(Cl)cc5)c4)CC3)cc2)ccc1N[C@H](CCN1CCC(O)CC1)CSc1ccccc1. The molecule has 0 bridgehead atoms. The van der Waals surface area contributed by atoms with Crippen molar-refractivity contribution in [1.82, 2.24) is 20.0 Å². The lowest BCUT2D eigenvalue weighted by Crippen LogP contribution is -2.46. The third kappa shape index (κ3) is 12.6. The minimum absolute atomic E-state index is 0.149. The fourth-order valence-corrected chi connectivity index (χ4v) is 10.9. The summed E-state index contributed by atoms with van der Waals surface area (Å²) in [4.78, 5) is 21.6. The number of benzene rings is 5. The van der Waals surface area contributed by atoms with Crippen molar-refractivity contribution >= 4 is 73.1 Å². The van der Waals surface area contributed by atoms with E-state index in [1.165, 1.54) is 11.1 Å². The lowest BCUT2D eigenvalue weighted by atomic mass is 10.1. The number of carbonyl (C=O) groups is 1. The molecule has 2 aliphatic rings. The predicted molar refractivity (Wildman–Crippen MR) is 271 cm³/mol. The second-order valence-electron chi connectivity index (χ2n) is 16.7. The average Bonchev–Trinajstić information content (AvgIpc) is 3.79. The number of piperazine rings is 1. The number of rotatable bonds is 18. The minimum atomic E-state index is -3.87. The number of hydrogen-bond acceptors (Lipinski definition) is 11. The molecule has 2 atom stereocenters. The first kappa shape index (κ1) is 48.1. The third-order valence-corrected chi connectivity index (χ3v) is 15.3. The number of piperidine rings is 1. The third-order valence-electron chi connectivity index (χ3n) is 12.1. The van der Waals surface area contributed by atoms with Crippen LogP contribution in [0.25, 0.3) is 16.9 Å². The fourth-order valence-electron chi connectivity index (χ4n) is 8.40. The van der Waals surface area contributed by atoms with Crippen LogP contribution in [0.15, 0.2) is 137 Å². The molecule has 67 heavy (non-hydrogen) atoms. The molecular weight excluding hydrogens is 928 g/mol. The van der Waals surface area contributed by atoms with Gasteiger partial charge in [0.15, 0.2) is 11.1 Å². The number of aryl methyl sites for hydroxylation is 1. The molecule has 18 heteroatoms. The molecular formula is C49H55ClN8O6S3. The maximum atomic E-state index is 13.7. The minimum Gasteiger partial charge on any atom is -0.393 e. The first-order valence-electron chi connectivity index (χ1n) is 22.3. The van der Waals surface area contributed by atoms with Crippen molar-refractivity contribution < 1.29 is 27.1 Å². The standard InChI is InChI=1S/C49H55ClN8O6S3/c1-35-30-45(18-19-47(35)53-39(33-65-44-8-3-2-4-9-44)20-23-55-24-21-43(59)22-25-55)67(63,64)54-38-12-16-40(17-13-38)56-26-28-57(29-27-56)42-7-5-6-36(31-42)48-46(49(60)51-34-66(61)62)32-52-58(48)41-14-10-37(50)11-15-41/h2-19,30-32,39,43,53-54,59H,20-29,33-34H2,1H3,(H,51,60)(H,61,62)/t39-/m1/s1. The lowest BCUT2D eigenvalue weighted by molar-refractivity contribution is 0.0817. The molecule has 0 saturated carbocycles. The van der Waals surface area contributed by atoms with Crippen LogP contribution in [0.4, 0.5) is 22.7 Å². The highest BCUT2D eigenvalue weighted by Crippen LogP contribution is 2.32. The average molecular weight is 984 g/mol. The summed E-state index contributed by atoms with van der Waals surface area (Å²) >= 11 is 5.76. The first-order valence-corrected chi connectivity index (χ1v) is 26.4. The van der Waals surface area contributed by atoms with Crippen LogP contribution >= 0.6 is 23.4 Å². The van der Waals surface area contributed by atoms with E-state index in [0.29, 0.717) is 35.2 Å². The number of hydrogen-bond donors (Lipinski definition) is 5. The molecule has 5 N–H and O–H groups in total. The lowest BCUT2D eigenvalue weighted by Gasteiger charge is -2.37. The Balaban J connectivity index is 0.889. The van der Waals surface area contributed by atoms with Crippen LogP contribution in [0, 0.1) is 6.92 Å². The van der Waals surface area contributed by atoms with E-state index in [0.717, 1.165) is 85.9 Å². The van der Waals surface area contributed by atoms with E-state index in [-0.39, 0.29) is 22.6 Å². The second-order valence-corrected chi connectivity index (χ2v) is 20.9. The number of carbonyl (C=O) groups excluding carboxylic acids is 1. The molecule has 6 aromatic rings. The van der Waals surface area contributed by atoms with Gasteiger partial charge < -0.3 is 35.0 Å². The van der Waals surface area contributed by atoms with E-state index < -0.39 is 32.9 Å². The molecule has 8 rings (SSSR count). The Hall–Kier alpha value is -5.40. The van der Waals surface area contributed by atoms with Gasteiger partial charge in [0, 0.05) is 95.8 Å². The van der Waals surface area contributed by atoms with Crippen LogP contribution in [-0.2, 0) is 21.1 Å². The Labute approximate surface area is 404 Å². The van der Waals surface area contributed by atoms with Gasteiger partial charge in [-0.1, -0.05) is 41.9 Å². The Kier molecular flexibility index (Phi) is 15.9. The van der Waals surface area contributed by atoms with Gasteiger partial charge in [0.2, 0.25) is 0 Å². The number of aliphatic hydroxyl groups excluding tert-OH is 1. The van der Waals surface area contributed by atoms with Crippen LogP contribution in [0.2, 0.25) is 5.02 Å². The number of aromatic nitrogens is 2. The summed E-state index contributed by atoms with van der Waals surface area (Å²) in [5, 5.41) is 21.3. The van der Waals surface area contributed by atoms with Crippen molar-refractivity contribution in [2.75, 3.05) is 77.3 Å². The van der Waals surface area contributed by atoms with Crippen LogP contribution in [0.5, 0.6) is 0 Å². The number of aliphatic hydroxyl groups is 1. The van der Waals surface area contributed by atoms with Crippen LogP contribution < -0.4 is 25.2 Å². The summed E-state index contributed by atoms with van der Waals surface area (Å²) in [6, 6.07) is 38.1. The van der Waals surface area contributed by atoms with Crippen molar-refractivity contribution in [3.8, 4) is 16.9 Å². The highest BCUT2D eigenvalue weighted by atomic mass is 35.5. The molecule has 1 aromatic heterocycles. The molecule has 5 aromatic carbocycles. The van der Waals surface area contributed by atoms with Crippen molar-refractivity contribution in [1.29, 1.82) is 0 Å². The van der Waals surface area contributed by atoms with Gasteiger partial charge in [-0.2, -0.15) is 5.10 Å². The molecule has 1 unspecified atom stereocenters. The Morgan fingerprint density at radius 1 is 0.851 bits per heavy atom. The Morgan fingerprint density at radius 3 is 2.22 bits per heavy atom. The van der Waals surface area contributed by atoms with Gasteiger partial charge in [0.05, 0.1) is 34.1 Å². The molecule has 14 nitrogen and oxygen atoms in total. The molecule has 352 valence electrons. The summed E-state index contributed by atoms with van der Waals surface area (Å²) in [6.45, 7) is 7.51. The number of likely N-dealkylation sites (tertiary alicyclic amines) is 1. The fraction of sp³-hybridized carbons (Fsp3) is 0.306. The summed E-state index contributed by atoms with van der Waals surface area (Å²) in [5.74, 6) is -0.0798. The van der Waals surface area contributed by atoms with E-state index in [4.69, 9.17) is 11.6 Å². The number of thioether (sulfide) groups is 1. The largest absolute Gasteiger partial charge is 0.393 e. The van der Waals surface area contributed by atoms with Crippen LogP contribution in [0.1, 0.15) is 35.2 Å². The normalized spacial score (nSPS) is 15.8. The number of halogens is 1. The van der Waals surface area contributed by atoms with Gasteiger partial charge >= 0.3 is 0 Å². The van der Waals surface area contributed by atoms with E-state index in [1.54, 1.807) is 65.0 Å². The zero-order valence-corrected chi connectivity index (χ0v) is 40.3. The first-order chi connectivity index (χ1) is 32.4. The summed E-state index contributed by atoms with van der Waals surface area (Å²) in [5.41, 5.74) is 6.39. The van der Waals surface area contributed by atoms with Crippen LogP contribution in [0.3, 0.4) is 0 Å². The zero-order chi connectivity index (χ0) is 46.9. The molecule has 1 amide bonds. The molecule has 0 aliphatic carbocycles. The highest BCUT2D eigenvalue weighted by molar-refractivity contribution is 7.99. The quantitative estimate of drug-likeness (QED) is 0.0417. The number of nitrogens with zero attached hydrogens (tertiary/aromatic N) is 5. The number of anilines is 4. The van der Waals surface area contributed by atoms with Gasteiger partial charge in [0.1, 0.15) is 5.88 Å². The maximum Gasteiger partial charge on any atom is 0.261 e. The van der Waals surface area contributed by atoms with Gasteiger partial charge in [0.25, 0.3) is 15.9 Å². The number of amides is 1. The highest BCUT2D eigenvalue weighted by Gasteiger charge is 2.24. The topological polar surface area (TPSA) is 172 Å². The zero-order valence-electron chi connectivity index (χ0n) is 37.1. The number of sulfonamides is 1. The van der Waals surface area contributed by atoms with E-state index in [2.05, 4.69) is 47.3 Å². The molecule has 2 fully saturated rings. The maximum absolute atomic E-state index is 13.7. The van der Waals surface area contributed by atoms with Crippen molar-refractivity contribution in [3.05, 3.63) is 144 Å². The molecule has 0 radical (unpaired) electrons. The molecule has 0 spiro atoms. The Bertz CT molecular complexity index is 2750. The van der Waals surface area contributed by atoms with Crippen molar-refractivity contribution in [2.45, 2.75) is 48.1 Å². The molecule has 2 aliphatic heterocycles. The Morgan fingerprint density at radius 2 is 1.54 bits per heavy atom. The second kappa shape index (κ2) is 22.1. The van der Waals surface area contributed by atoms with Gasteiger partial charge in [-0.15, -0.1) is 11.8 Å². The summed E-state index contributed by atoms with van der Waals surface area (Å²) in [7, 11) is -3.87. The van der Waals surface area contributed by atoms with Gasteiger partial charge in [-0.25, -0.2) is 17.3 Å². The van der Waals surface area contributed by atoms with E-state index in [9.17, 15) is 27.1 Å². The summed E-state index contributed by atoms with van der Waals surface area (Å²) < 4.78 is 52.5. The molecule has 3 heterocycles. The number of nitrogens with one attached hydrogen (secondary N) is 3. The van der Waals surface area contributed by atoms with Gasteiger partial charge in [-0.05, 0) is 123 Å². The van der Waals surface area contributed by atoms with E-state index in [1.807, 2.05) is 67.6 Å². The smallest absolute Gasteiger partial charge is 0.261 e. The van der Waals surface area contributed by atoms with Crippen molar-refractivity contribution in [3.63, 3.8) is 0 Å². The van der Waals surface area contributed by atoms with Gasteiger partial charge in [-0.3, -0.25) is 9.52 Å². The predicted octanol–water partition coefficient (Wildman–Crippen LogP) is 7.96. The van der Waals surface area contributed by atoms with Crippen LogP contribution in [-0.4, -0.2) is 112 Å².